The molecule has 0 saturated carbocycles. The Kier molecular flexibility index (Phi) is 3.58. The van der Waals surface area contributed by atoms with E-state index in [0.717, 1.165) is 11.1 Å². The van der Waals surface area contributed by atoms with Gasteiger partial charge in [0, 0.05) is 23.3 Å². The Morgan fingerprint density at radius 1 is 0.682 bits per heavy atom. The van der Waals surface area contributed by atoms with Crippen LogP contribution in [0.1, 0.15) is 22.3 Å². The number of rotatable bonds is 2. The summed E-state index contributed by atoms with van der Waals surface area (Å²) in [7, 11) is 0. The van der Waals surface area contributed by atoms with Gasteiger partial charge in [-0.25, -0.2) is 0 Å². The highest BCUT2D eigenvalue weighted by Gasteiger charge is 2.19. The summed E-state index contributed by atoms with van der Waals surface area (Å²) >= 11 is 0. The molecule has 0 spiro atoms. The lowest BCUT2D eigenvalue weighted by Crippen LogP contribution is -2.04. The Hall–Kier alpha value is -2.76. The average molecular weight is 298 g/mol. The first-order valence-electron chi connectivity index (χ1n) is 7.07. The molecule has 6 nitrogen and oxygen atoms in total. The summed E-state index contributed by atoms with van der Waals surface area (Å²) in [6, 6.07) is 10.5. The quantitative estimate of drug-likeness (QED) is 0.628. The summed E-state index contributed by atoms with van der Waals surface area (Å²) in [5, 5.41) is 22.4. The molecular formula is C16H14N2O4. The predicted molar refractivity (Wildman–Crippen MR) is 81.0 cm³/mol. The molecular weight excluding hydrogens is 284 g/mol. The van der Waals surface area contributed by atoms with Crippen LogP contribution >= 0.6 is 0 Å². The van der Waals surface area contributed by atoms with Gasteiger partial charge in [-0.05, 0) is 36.8 Å². The fourth-order valence-electron chi connectivity index (χ4n) is 2.85. The highest BCUT2D eigenvalue weighted by molar-refractivity contribution is 5.48. The molecule has 112 valence electrons. The van der Waals surface area contributed by atoms with Crippen LogP contribution in [-0.2, 0) is 25.7 Å². The topological polar surface area (TPSA) is 86.3 Å². The van der Waals surface area contributed by atoms with E-state index in [1.165, 1.54) is 0 Å². The third-order valence-corrected chi connectivity index (χ3v) is 4.06. The number of hydrogen-bond acceptors (Lipinski definition) is 4. The van der Waals surface area contributed by atoms with Gasteiger partial charge in [0.1, 0.15) is 0 Å². The van der Waals surface area contributed by atoms with E-state index >= 15 is 0 Å². The van der Waals surface area contributed by atoms with Gasteiger partial charge >= 0.3 is 0 Å². The number of nitro groups is 2. The Morgan fingerprint density at radius 3 is 1.45 bits per heavy atom. The molecule has 4 bridgehead atoms. The molecule has 0 amide bonds. The lowest BCUT2D eigenvalue weighted by atomic mass is 9.94. The largest absolute Gasteiger partial charge is 0.272 e. The Balaban J connectivity index is 2.07. The van der Waals surface area contributed by atoms with Gasteiger partial charge in [0.15, 0.2) is 0 Å². The maximum Gasteiger partial charge on any atom is 0.272 e. The molecule has 0 saturated heterocycles. The van der Waals surface area contributed by atoms with Crippen molar-refractivity contribution < 1.29 is 9.85 Å². The molecule has 0 atom stereocenters. The number of hydrogen-bond donors (Lipinski definition) is 0. The van der Waals surface area contributed by atoms with E-state index in [0.29, 0.717) is 36.8 Å². The van der Waals surface area contributed by atoms with Crippen LogP contribution < -0.4 is 0 Å². The summed E-state index contributed by atoms with van der Waals surface area (Å²) in [5.41, 5.74) is 3.27. The smallest absolute Gasteiger partial charge is 0.258 e. The van der Waals surface area contributed by atoms with E-state index in [-0.39, 0.29) is 21.2 Å². The lowest BCUT2D eigenvalue weighted by Gasteiger charge is -2.10. The van der Waals surface area contributed by atoms with Crippen LogP contribution in [0, 0.1) is 20.2 Å². The van der Waals surface area contributed by atoms with Crippen molar-refractivity contribution in [2.45, 2.75) is 25.7 Å². The summed E-state index contributed by atoms with van der Waals surface area (Å²) in [4.78, 5) is 21.7. The first kappa shape index (κ1) is 14.2. The van der Waals surface area contributed by atoms with E-state index in [1.807, 2.05) is 12.1 Å². The molecule has 6 heteroatoms. The Morgan fingerprint density at radius 2 is 1.09 bits per heavy atom. The van der Waals surface area contributed by atoms with Crippen molar-refractivity contribution in [3.63, 3.8) is 0 Å². The van der Waals surface area contributed by atoms with E-state index < -0.39 is 0 Å². The number of nitrogens with zero attached hydrogens (tertiary/aromatic N) is 2. The molecule has 0 fully saturated rings. The van der Waals surface area contributed by atoms with Crippen molar-refractivity contribution in [1.29, 1.82) is 0 Å². The van der Waals surface area contributed by atoms with Gasteiger partial charge in [-0.3, -0.25) is 20.2 Å². The minimum atomic E-state index is -0.352. The van der Waals surface area contributed by atoms with E-state index in [1.54, 1.807) is 24.3 Å². The van der Waals surface area contributed by atoms with E-state index in [4.69, 9.17) is 0 Å². The van der Waals surface area contributed by atoms with Crippen molar-refractivity contribution in [3.05, 3.63) is 78.9 Å². The van der Waals surface area contributed by atoms with Crippen LogP contribution in [0.2, 0.25) is 0 Å². The van der Waals surface area contributed by atoms with E-state index in [9.17, 15) is 20.2 Å². The third kappa shape index (κ3) is 2.67. The molecule has 6 rings (SSSR count). The molecule has 4 aliphatic rings. The van der Waals surface area contributed by atoms with Crippen LogP contribution in [0.25, 0.3) is 0 Å². The molecule has 2 aromatic rings. The number of nitro benzene ring substituents is 2. The SMILES string of the molecule is O=[N+]([O-])c1cc2ccc1CCc1ccc(c([N+](=O)[O-])c1)CC2. The van der Waals surface area contributed by atoms with Gasteiger partial charge in [-0.2, -0.15) is 0 Å². The molecule has 0 aliphatic heterocycles. The maximum absolute atomic E-state index is 11.2. The van der Waals surface area contributed by atoms with Gasteiger partial charge in [-0.1, -0.05) is 24.3 Å². The van der Waals surface area contributed by atoms with Gasteiger partial charge in [0.25, 0.3) is 11.4 Å². The molecule has 0 radical (unpaired) electrons. The third-order valence-electron chi connectivity index (χ3n) is 4.06. The summed E-state index contributed by atoms with van der Waals surface area (Å²) in [5.74, 6) is 0. The molecule has 4 aliphatic carbocycles. The first-order chi connectivity index (χ1) is 10.5. The van der Waals surface area contributed by atoms with Gasteiger partial charge in [0.05, 0.1) is 9.85 Å². The predicted octanol–water partition coefficient (Wildman–Crippen LogP) is 3.39. The van der Waals surface area contributed by atoms with Crippen molar-refractivity contribution in [2.75, 3.05) is 0 Å². The van der Waals surface area contributed by atoms with Crippen molar-refractivity contribution >= 4 is 11.4 Å². The van der Waals surface area contributed by atoms with Gasteiger partial charge in [0.2, 0.25) is 0 Å². The van der Waals surface area contributed by atoms with Crippen LogP contribution in [0.3, 0.4) is 0 Å². The number of benzene rings is 2. The lowest BCUT2D eigenvalue weighted by molar-refractivity contribution is -0.385. The monoisotopic (exact) mass is 298 g/mol. The zero-order valence-corrected chi connectivity index (χ0v) is 11.8. The molecule has 22 heavy (non-hydrogen) atoms. The normalized spacial score (nSPS) is 13.5. The van der Waals surface area contributed by atoms with Crippen LogP contribution in [0.5, 0.6) is 0 Å². The molecule has 0 unspecified atom stereocenters. The molecule has 2 aromatic carbocycles. The maximum atomic E-state index is 11.2. The highest BCUT2D eigenvalue weighted by Crippen LogP contribution is 2.27. The number of aryl methyl sites for hydroxylation is 4. The minimum Gasteiger partial charge on any atom is -0.258 e. The summed E-state index contributed by atoms with van der Waals surface area (Å²) in [6.45, 7) is 0. The second-order valence-corrected chi connectivity index (χ2v) is 5.44. The van der Waals surface area contributed by atoms with Crippen LogP contribution in [-0.4, -0.2) is 9.85 Å². The molecule has 0 aromatic heterocycles. The summed E-state index contributed by atoms with van der Waals surface area (Å²) < 4.78 is 0. The zero-order valence-electron chi connectivity index (χ0n) is 11.8. The Labute approximate surface area is 126 Å². The van der Waals surface area contributed by atoms with Crippen molar-refractivity contribution in [2.24, 2.45) is 0 Å². The first-order valence-corrected chi connectivity index (χ1v) is 7.07. The van der Waals surface area contributed by atoms with Crippen LogP contribution in [0.4, 0.5) is 11.4 Å². The second-order valence-electron chi connectivity index (χ2n) is 5.44. The van der Waals surface area contributed by atoms with Crippen LogP contribution in [0.15, 0.2) is 36.4 Å². The summed E-state index contributed by atoms with van der Waals surface area (Å²) in [6.07, 6.45) is 2.07. The highest BCUT2D eigenvalue weighted by atomic mass is 16.6. The van der Waals surface area contributed by atoms with Gasteiger partial charge in [-0.15, -0.1) is 0 Å². The fraction of sp³-hybridized carbons (Fsp3) is 0.250. The Bertz CT molecular complexity index is 705. The minimum absolute atomic E-state index is 0.141. The van der Waals surface area contributed by atoms with Gasteiger partial charge < -0.3 is 0 Å². The standard InChI is InChI=1S/C16H14N2O4/c19-17(20)15-9-11-1-5-13(15)8-4-12-2-6-14(7-3-11)16(10-12)18(21)22/h1-2,5-6,9-10H,3-4,7-8H2. The van der Waals surface area contributed by atoms with E-state index in [2.05, 4.69) is 0 Å². The molecule has 0 heterocycles. The fourth-order valence-corrected chi connectivity index (χ4v) is 2.85. The average Bonchev–Trinajstić information content (AvgIpc) is 2.49. The molecule has 0 N–H and O–H groups in total. The van der Waals surface area contributed by atoms with Crippen molar-refractivity contribution in [1.82, 2.24) is 0 Å². The second kappa shape index (κ2) is 5.55. The van der Waals surface area contributed by atoms with Crippen molar-refractivity contribution in [3.8, 4) is 0 Å². The zero-order chi connectivity index (χ0) is 15.7.